The van der Waals surface area contributed by atoms with Gasteiger partial charge in [0, 0.05) is 18.8 Å². The van der Waals surface area contributed by atoms with Gasteiger partial charge in [0.2, 0.25) is 5.91 Å². The van der Waals surface area contributed by atoms with Crippen molar-refractivity contribution in [2.45, 2.75) is 51.4 Å². The molecule has 0 aromatic heterocycles. The van der Waals surface area contributed by atoms with E-state index in [1.165, 1.54) is 31.3 Å². The number of alkyl halides is 1. The minimum Gasteiger partial charge on any atom is -0.356 e. The van der Waals surface area contributed by atoms with Gasteiger partial charge in [0.1, 0.15) is 0 Å². The minimum absolute atomic E-state index is 0.168. The molecule has 0 unspecified atom stereocenters. The zero-order chi connectivity index (χ0) is 11.6. The van der Waals surface area contributed by atoms with Crippen LogP contribution in [0.4, 0.5) is 0 Å². The van der Waals surface area contributed by atoms with Crippen molar-refractivity contribution in [3.8, 4) is 0 Å². The van der Waals surface area contributed by atoms with Crippen molar-refractivity contribution in [2.75, 3.05) is 12.4 Å². The Kier molecular flexibility index (Phi) is 7.32. The Bertz CT molecular complexity index is 238. The van der Waals surface area contributed by atoms with Crippen LogP contribution in [0.25, 0.3) is 0 Å². The van der Waals surface area contributed by atoms with Gasteiger partial charge in [-0.15, -0.1) is 11.6 Å². The molecule has 1 amide bonds. The van der Waals surface area contributed by atoms with E-state index in [9.17, 15) is 4.79 Å². The van der Waals surface area contributed by atoms with Gasteiger partial charge in [0.15, 0.2) is 0 Å². The average Bonchev–Trinajstić information content (AvgIpc) is 2.31. The van der Waals surface area contributed by atoms with Crippen molar-refractivity contribution < 1.29 is 4.79 Å². The molecule has 1 rings (SSSR count). The lowest BCUT2D eigenvalue weighted by atomic mass is 9.97. The van der Waals surface area contributed by atoms with E-state index >= 15 is 0 Å². The predicted octanol–water partition coefficient (Wildman–Crippen LogP) is 3.40. The molecule has 0 aromatic rings. The minimum atomic E-state index is 0.168. The maximum atomic E-state index is 11.4. The molecule has 1 aliphatic rings. The van der Waals surface area contributed by atoms with Crippen molar-refractivity contribution in [3.05, 3.63) is 11.6 Å². The van der Waals surface area contributed by atoms with Gasteiger partial charge in [-0.25, -0.2) is 0 Å². The van der Waals surface area contributed by atoms with E-state index in [0.29, 0.717) is 12.3 Å². The van der Waals surface area contributed by atoms with Crippen LogP contribution < -0.4 is 5.32 Å². The van der Waals surface area contributed by atoms with Gasteiger partial charge in [-0.1, -0.05) is 11.6 Å². The molecule has 2 nitrogen and oxygen atoms in total. The Hall–Kier alpha value is -0.500. The summed E-state index contributed by atoms with van der Waals surface area (Å²) in [6.07, 6.45) is 10.9. The van der Waals surface area contributed by atoms with Gasteiger partial charge >= 0.3 is 0 Å². The number of nitrogens with one attached hydrogen (secondary N) is 1. The number of amides is 1. The first-order valence-electron chi connectivity index (χ1n) is 6.33. The van der Waals surface area contributed by atoms with Gasteiger partial charge in [-0.05, 0) is 44.9 Å². The van der Waals surface area contributed by atoms with Gasteiger partial charge in [-0.3, -0.25) is 4.79 Å². The van der Waals surface area contributed by atoms with Gasteiger partial charge in [0.25, 0.3) is 0 Å². The van der Waals surface area contributed by atoms with Crippen LogP contribution >= 0.6 is 11.6 Å². The highest BCUT2D eigenvalue weighted by molar-refractivity contribution is 6.17. The third-order valence-electron chi connectivity index (χ3n) is 2.94. The van der Waals surface area contributed by atoms with Crippen molar-refractivity contribution >= 4 is 17.5 Å². The monoisotopic (exact) mass is 243 g/mol. The summed E-state index contributed by atoms with van der Waals surface area (Å²) >= 11 is 5.55. The van der Waals surface area contributed by atoms with Crippen LogP contribution in [0.5, 0.6) is 0 Å². The molecule has 1 N–H and O–H groups in total. The van der Waals surface area contributed by atoms with Crippen LogP contribution in [0, 0.1) is 0 Å². The number of rotatable bonds is 7. The Morgan fingerprint density at radius 2 is 2.25 bits per heavy atom. The number of allylic oxidation sites excluding steroid dienone is 1. The van der Waals surface area contributed by atoms with E-state index in [4.69, 9.17) is 11.6 Å². The van der Waals surface area contributed by atoms with Crippen LogP contribution in [0.15, 0.2) is 11.6 Å². The first-order valence-corrected chi connectivity index (χ1v) is 6.87. The highest BCUT2D eigenvalue weighted by Gasteiger charge is 2.04. The number of hydrogen-bond acceptors (Lipinski definition) is 1. The number of hydrogen-bond donors (Lipinski definition) is 1. The number of carbonyl (C=O) groups is 1. The summed E-state index contributed by atoms with van der Waals surface area (Å²) in [4.78, 5) is 11.4. The molecule has 0 fully saturated rings. The van der Waals surface area contributed by atoms with Crippen molar-refractivity contribution in [3.63, 3.8) is 0 Å². The molecule has 0 aromatic carbocycles. The molecule has 1 aliphatic carbocycles. The first-order chi connectivity index (χ1) is 7.83. The topological polar surface area (TPSA) is 29.1 Å². The Morgan fingerprint density at radius 3 is 2.94 bits per heavy atom. The number of halogens is 1. The summed E-state index contributed by atoms with van der Waals surface area (Å²) in [5, 5.41) is 2.97. The summed E-state index contributed by atoms with van der Waals surface area (Å²) in [6.45, 7) is 0.797. The highest BCUT2D eigenvalue weighted by atomic mass is 35.5. The van der Waals surface area contributed by atoms with Crippen LogP contribution in [0.3, 0.4) is 0 Å². The molecule has 0 aliphatic heterocycles. The molecule has 0 radical (unpaired) electrons. The largest absolute Gasteiger partial charge is 0.356 e. The third-order valence-corrected chi connectivity index (χ3v) is 3.21. The predicted molar refractivity (Wildman–Crippen MR) is 68.7 cm³/mol. The molecule has 3 heteroatoms. The van der Waals surface area contributed by atoms with Crippen molar-refractivity contribution in [2.24, 2.45) is 0 Å². The molecule has 92 valence electrons. The Morgan fingerprint density at radius 1 is 1.38 bits per heavy atom. The molecule has 16 heavy (non-hydrogen) atoms. The summed E-state index contributed by atoms with van der Waals surface area (Å²) in [6, 6.07) is 0. The van der Waals surface area contributed by atoms with Crippen molar-refractivity contribution in [1.29, 1.82) is 0 Å². The highest BCUT2D eigenvalue weighted by Crippen LogP contribution is 2.19. The van der Waals surface area contributed by atoms with E-state index in [1.54, 1.807) is 0 Å². The average molecular weight is 244 g/mol. The second-order valence-electron chi connectivity index (χ2n) is 4.35. The van der Waals surface area contributed by atoms with Crippen LogP contribution in [0.2, 0.25) is 0 Å². The molecule has 0 heterocycles. The summed E-state index contributed by atoms with van der Waals surface area (Å²) < 4.78 is 0. The van der Waals surface area contributed by atoms with Gasteiger partial charge in [-0.2, -0.15) is 0 Å². The van der Waals surface area contributed by atoms with Crippen molar-refractivity contribution in [1.82, 2.24) is 5.32 Å². The quantitative estimate of drug-likeness (QED) is 0.415. The summed E-state index contributed by atoms with van der Waals surface area (Å²) in [5.74, 6) is 0.821. The van der Waals surface area contributed by atoms with Crippen LogP contribution in [-0.2, 0) is 4.79 Å². The summed E-state index contributed by atoms with van der Waals surface area (Å²) in [5.41, 5.74) is 1.52. The molecule has 0 spiro atoms. The lowest BCUT2D eigenvalue weighted by Gasteiger charge is -2.12. The fourth-order valence-corrected chi connectivity index (χ4v) is 2.15. The maximum Gasteiger partial charge on any atom is 0.220 e. The van der Waals surface area contributed by atoms with Gasteiger partial charge in [0.05, 0.1) is 0 Å². The Labute approximate surface area is 103 Å². The van der Waals surface area contributed by atoms with E-state index < -0.39 is 0 Å². The standard InChI is InChI=1S/C13H22ClNO/c14-10-5-4-8-13(16)15-11-9-12-6-2-1-3-7-12/h6H,1-5,7-11H2,(H,15,16). The van der Waals surface area contributed by atoms with E-state index in [0.717, 1.165) is 25.8 Å². The number of carbonyl (C=O) groups excluding carboxylic acids is 1. The molecule has 0 bridgehead atoms. The number of unbranched alkanes of at least 4 members (excludes halogenated alkanes) is 1. The zero-order valence-corrected chi connectivity index (χ0v) is 10.7. The molecule has 0 atom stereocenters. The zero-order valence-electron chi connectivity index (χ0n) is 9.93. The molecular weight excluding hydrogens is 222 g/mol. The van der Waals surface area contributed by atoms with Crippen LogP contribution in [0.1, 0.15) is 51.4 Å². The van der Waals surface area contributed by atoms with Gasteiger partial charge < -0.3 is 5.32 Å². The van der Waals surface area contributed by atoms with Crippen LogP contribution in [-0.4, -0.2) is 18.3 Å². The van der Waals surface area contributed by atoms with E-state index in [-0.39, 0.29) is 5.91 Å². The SMILES string of the molecule is O=C(CCCCCl)NCCC1=CCCCC1. The molecule has 0 saturated carbocycles. The normalized spacial score (nSPS) is 15.7. The van der Waals surface area contributed by atoms with E-state index in [1.807, 2.05) is 0 Å². The fraction of sp³-hybridized carbons (Fsp3) is 0.769. The maximum absolute atomic E-state index is 11.4. The second-order valence-corrected chi connectivity index (χ2v) is 4.73. The molecular formula is C13H22ClNO. The first kappa shape index (κ1) is 13.6. The lowest BCUT2D eigenvalue weighted by Crippen LogP contribution is -2.24. The smallest absolute Gasteiger partial charge is 0.220 e. The second kappa shape index (κ2) is 8.63. The fourth-order valence-electron chi connectivity index (χ4n) is 1.96. The third kappa shape index (κ3) is 6.16. The lowest BCUT2D eigenvalue weighted by molar-refractivity contribution is -0.121. The Balaban J connectivity index is 2.01. The van der Waals surface area contributed by atoms with E-state index in [2.05, 4.69) is 11.4 Å². The molecule has 0 saturated heterocycles. The summed E-state index contributed by atoms with van der Waals surface area (Å²) in [7, 11) is 0.